The molecule has 106 valence electrons. The van der Waals surface area contributed by atoms with Crippen LogP contribution in [0.25, 0.3) is 0 Å². The van der Waals surface area contributed by atoms with Crippen LogP contribution in [0.2, 0.25) is 0 Å². The third-order valence-electron chi connectivity index (χ3n) is 2.87. The number of hydrogen-bond acceptors (Lipinski definition) is 1. The molecule has 1 aromatic rings. The van der Waals surface area contributed by atoms with E-state index in [1.807, 2.05) is 0 Å². The molecule has 7 heteroatoms. The predicted molar refractivity (Wildman–Crippen MR) is 63.3 cm³/mol. The Labute approximate surface area is 113 Å². The fraction of sp³-hybridized carbons (Fsp3) is 0.417. The second-order valence-electron chi connectivity index (χ2n) is 4.05. The van der Waals surface area contributed by atoms with Gasteiger partial charge in [-0.3, -0.25) is 4.79 Å². The number of halogens is 5. The summed E-state index contributed by atoms with van der Waals surface area (Å²) < 4.78 is 50.9. The zero-order valence-electron chi connectivity index (χ0n) is 10.3. The zero-order chi connectivity index (χ0) is 14.8. The van der Waals surface area contributed by atoms with E-state index in [2.05, 4.69) is 0 Å². The van der Waals surface area contributed by atoms with Crippen LogP contribution in [0.3, 0.4) is 0 Å². The molecule has 0 aliphatic carbocycles. The van der Waals surface area contributed by atoms with Crippen molar-refractivity contribution >= 4 is 17.5 Å². The van der Waals surface area contributed by atoms with Gasteiger partial charge in [0.1, 0.15) is 11.7 Å². The molecule has 1 unspecified atom stereocenters. The first-order chi connectivity index (χ1) is 8.68. The van der Waals surface area contributed by atoms with Gasteiger partial charge in [0.2, 0.25) is 5.91 Å². The van der Waals surface area contributed by atoms with Crippen LogP contribution in [-0.2, 0) is 11.0 Å². The van der Waals surface area contributed by atoms with E-state index in [-0.39, 0.29) is 11.4 Å². The molecular formula is C12H12ClF4NO. The minimum Gasteiger partial charge on any atom is -0.338 e. The highest BCUT2D eigenvalue weighted by Gasteiger charge is 2.32. The van der Waals surface area contributed by atoms with Crippen LogP contribution in [-0.4, -0.2) is 23.7 Å². The number of rotatable bonds is 3. The number of nitrogens with zero attached hydrogens (tertiary/aromatic N) is 1. The number of carbonyl (C=O) groups excluding carboxylic acids is 1. The first kappa shape index (κ1) is 15.8. The third kappa shape index (κ3) is 3.59. The zero-order valence-corrected chi connectivity index (χ0v) is 11.0. The van der Waals surface area contributed by atoms with E-state index in [1.54, 1.807) is 0 Å². The van der Waals surface area contributed by atoms with Crippen molar-refractivity contribution in [2.45, 2.75) is 19.1 Å². The maximum Gasteiger partial charge on any atom is 0.416 e. The van der Waals surface area contributed by atoms with Gasteiger partial charge >= 0.3 is 6.18 Å². The van der Waals surface area contributed by atoms with E-state index in [4.69, 9.17) is 11.6 Å². The highest BCUT2D eigenvalue weighted by atomic mass is 35.5. The van der Waals surface area contributed by atoms with E-state index < -0.39 is 29.5 Å². The van der Waals surface area contributed by atoms with Gasteiger partial charge in [-0.25, -0.2) is 4.39 Å². The molecule has 0 saturated carbocycles. The van der Waals surface area contributed by atoms with Gasteiger partial charge in [0.05, 0.1) is 11.6 Å². The first-order valence-corrected chi connectivity index (χ1v) is 5.90. The molecule has 0 heterocycles. The number of benzene rings is 1. The van der Waals surface area contributed by atoms with Crippen LogP contribution in [0.4, 0.5) is 17.6 Å². The van der Waals surface area contributed by atoms with E-state index in [9.17, 15) is 22.4 Å². The second-order valence-corrected chi connectivity index (χ2v) is 4.32. The van der Waals surface area contributed by atoms with Gasteiger partial charge in [0.25, 0.3) is 0 Å². The minimum atomic E-state index is -4.60. The Balaban J connectivity index is 3.06. The van der Waals surface area contributed by atoms with Crippen LogP contribution in [0.15, 0.2) is 18.2 Å². The first-order valence-electron chi connectivity index (χ1n) is 5.36. The molecule has 2 nitrogen and oxygen atoms in total. The molecule has 0 spiro atoms. The number of carbonyl (C=O) groups is 1. The van der Waals surface area contributed by atoms with Crippen LogP contribution in [0.5, 0.6) is 0 Å². The molecule has 0 radical (unpaired) electrons. The van der Waals surface area contributed by atoms with Gasteiger partial charge in [-0.2, -0.15) is 13.2 Å². The lowest BCUT2D eigenvalue weighted by Gasteiger charge is -2.25. The number of amides is 1. The highest BCUT2D eigenvalue weighted by Crippen LogP contribution is 2.32. The van der Waals surface area contributed by atoms with Crippen molar-refractivity contribution in [3.63, 3.8) is 0 Å². The average Bonchev–Trinajstić information content (AvgIpc) is 2.34. The molecule has 1 aromatic carbocycles. The lowest BCUT2D eigenvalue weighted by atomic mass is 10.0. The van der Waals surface area contributed by atoms with Crippen LogP contribution in [0.1, 0.15) is 24.1 Å². The molecule has 19 heavy (non-hydrogen) atoms. The molecule has 1 amide bonds. The fourth-order valence-electron chi connectivity index (χ4n) is 1.56. The summed E-state index contributed by atoms with van der Waals surface area (Å²) in [6.45, 7) is 1.51. The van der Waals surface area contributed by atoms with E-state index in [0.717, 1.165) is 12.1 Å². The SMILES string of the molecule is CC(c1ccc(C(F)(F)F)cc1F)N(C)C(=O)CCl. The van der Waals surface area contributed by atoms with Crippen LogP contribution >= 0.6 is 11.6 Å². The van der Waals surface area contributed by atoms with E-state index in [0.29, 0.717) is 6.07 Å². The summed E-state index contributed by atoms with van der Waals surface area (Å²) in [5, 5.41) is 0. The van der Waals surface area contributed by atoms with Gasteiger partial charge in [-0.05, 0) is 19.1 Å². The van der Waals surface area contributed by atoms with Crippen molar-refractivity contribution in [1.82, 2.24) is 4.90 Å². The Kier molecular flexibility index (Phi) is 4.79. The highest BCUT2D eigenvalue weighted by molar-refractivity contribution is 6.27. The molecular weight excluding hydrogens is 286 g/mol. The molecule has 0 fully saturated rings. The molecule has 0 aromatic heterocycles. The van der Waals surface area contributed by atoms with E-state index >= 15 is 0 Å². The molecule has 1 atom stereocenters. The van der Waals surface area contributed by atoms with Crippen LogP contribution < -0.4 is 0 Å². The number of hydrogen-bond donors (Lipinski definition) is 0. The molecule has 0 aliphatic heterocycles. The maximum atomic E-state index is 13.7. The minimum absolute atomic E-state index is 0.00830. The Morgan fingerprint density at radius 2 is 2.00 bits per heavy atom. The third-order valence-corrected chi connectivity index (χ3v) is 3.10. The topological polar surface area (TPSA) is 20.3 Å². The molecule has 0 saturated heterocycles. The van der Waals surface area contributed by atoms with Gasteiger partial charge in [-0.15, -0.1) is 11.6 Å². The Morgan fingerprint density at radius 3 is 2.42 bits per heavy atom. The van der Waals surface area contributed by atoms with Crippen molar-refractivity contribution in [1.29, 1.82) is 0 Å². The average molecular weight is 298 g/mol. The van der Waals surface area contributed by atoms with E-state index in [1.165, 1.54) is 18.9 Å². The smallest absolute Gasteiger partial charge is 0.338 e. The molecule has 1 rings (SSSR count). The van der Waals surface area contributed by atoms with Crippen molar-refractivity contribution in [3.8, 4) is 0 Å². The largest absolute Gasteiger partial charge is 0.416 e. The van der Waals surface area contributed by atoms with Gasteiger partial charge < -0.3 is 4.90 Å². The Morgan fingerprint density at radius 1 is 1.42 bits per heavy atom. The van der Waals surface area contributed by atoms with Crippen molar-refractivity contribution in [3.05, 3.63) is 35.1 Å². The van der Waals surface area contributed by atoms with Crippen molar-refractivity contribution < 1.29 is 22.4 Å². The molecule has 0 N–H and O–H groups in total. The van der Waals surface area contributed by atoms with Crippen molar-refractivity contribution in [2.75, 3.05) is 12.9 Å². The summed E-state index contributed by atoms with van der Waals surface area (Å²) >= 11 is 5.37. The summed E-state index contributed by atoms with van der Waals surface area (Å²) in [5.74, 6) is -1.71. The lowest BCUT2D eigenvalue weighted by Crippen LogP contribution is -2.31. The second kappa shape index (κ2) is 5.77. The van der Waals surface area contributed by atoms with Crippen molar-refractivity contribution in [2.24, 2.45) is 0 Å². The maximum absolute atomic E-state index is 13.7. The number of alkyl halides is 4. The quantitative estimate of drug-likeness (QED) is 0.616. The monoisotopic (exact) mass is 297 g/mol. The molecule has 0 aliphatic rings. The Hall–Kier alpha value is -1.30. The van der Waals surface area contributed by atoms with Crippen LogP contribution in [0, 0.1) is 5.82 Å². The fourth-order valence-corrected chi connectivity index (χ4v) is 1.75. The summed E-state index contributed by atoms with van der Waals surface area (Å²) in [6.07, 6.45) is -4.60. The normalized spacial score (nSPS) is 13.2. The van der Waals surface area contributed by atoms with Gasteiger partial charge in [0, 0.05) is 12.6 Å². The summed E-state index contributed by atoms with van der Waals surface area (Å²) in [4.78, 5) is 12.5. The standard InChI is InChI=1S/C12H12ClF4NO/c1-7(18(2)11(19)6-13)9-4-3-8(5-10(9)14)12(15,16)17/h3-5,7H,6H2,1-2H3. The summed E-state index contributed by atoms with van der Waals surface area (Å²) in [6, 6.07) is 1.54. The Bertz CT molecular complexity index is 475. The van der Waals surface area contributed by atoms with Gasteiger partial charge in [-0.1, -0.05) is 6.07 Å². The lowest BCUT2D eigenvalue weighted by molar-refractivity contribution is -0.138. The summed E-state index contributed by atoms with van der Waals surface area (Å²) in [7, 11) is 1.41. The molecule has 0 bridgehead atoms. The summed E-state index contributed by atoms with van der Waals surface area (Å²) in [5.41, 5.74) is -1.05. The van der Waals surface area contributed by atoms with Gasteiger partial charge in [0.15, 0.2) is 0 Å². The predicted octanol–water partition coefficient (Wildman–Crippen LogP) is 3.60.